The first-order valence-electron chi connectivity index (χ1n) is 8.18. The highest BCUT2D eigenvalue weighted by Gasteiger charge is 2.48. The molecule has 1 N–H and O–H groups in total. The number of fused-ring (bicyclic) bond motifs is 1. The van der Waals surface area contributed by atoms with Gasteiger partial charge in [0, 0.05) is 29.7 Å². The normalized spacial score (nSPS) is 18.4. The predicted octanol–water partition coefficient (Wildman–Crippen LogP) is 3.12. The Morgan fingerprint density at radius 1 is 1.21 bits per heavy atom. The van der Waals surface area contributed by atoms with Crippen LogP contribution in [0.3, 0.4) is 0 Å². The highest BCUT2D eigenvalue weighted by Crippen LogP contribution is 2.47. The van der Waals surface area contributed by atoms with E-state index in [4.69, 9.17) is 0 Å². The number of rotatable bonds is 3. The van der Waals surface area contributed by atoms with Crippen LogP contribution in [0, 0.1) is 0 Å². The van der Waals surface area contributed by atoms with Crippen molar-refractivity contribution in [3.63, 3.8) is 0 Å². The maximum absolute atomic E-state index is 12.8. The van der Waals surface area contributed by atoms with Gasteiger partial charge in [-0.25, -0.2) is 0 Å². The highest BCUT2D eigenvalue weighted by atomic mass is 16.2. The van der Waals surface area contributed by atoms with Gasteiger partial charge in [0.15, 0.2) is 0 Å². The van der Waals surface area contributed by atoms with E-state index in [1.807, 2.05) is 36.9 Å². The fraction of sp³-hybridized carbons (Fsp3) is 0.316. The van der Waals surface area contributed by atoms with E-state index < -0.39 is 5.41 Å². The number of hydrogen-bond donors (Lipinski definition) is 1. The van der Waals surface area contributed by atoms with Crippen molar-refractivity contribution < 1.29 is 9.59 Å². The van der Waals surface area contributed by atoms with Gasteiger partial charge in [-0.3, -0.25) is 14.6 Å². The summed E-state index contributed by atoms with van der Waals surface area (Å²) in [7, 11) is 0. The molecule has 2 heterocycles. The molecule has 0 unspecified atom stereocenters. The number of carbonyl (C=O) groups is 2. The molecule has 24 heavy (non-hydrogen) atoms. The lowest BCUT2D eigenvalue weighted by Gasteiger charge is -2.19. The number of anilines is 2. The van der Waals surface area contributed by atoms with Crippen molar-refractivity contribution >= 4 is 23.2 Å². The molecule has 5 nitrogen and oxygen atoms in total. The average Bonchev–Trinajstić information content (AvgIpc) is 3.38. The summed E-state index contributed by atoms with van der Waals surface area (Å²) < 4.78 is 0. The van der Waals surface area contributed by atoms with Gasteiger partial charge in [-0.1, -0.05) is 6.07 Å². The number of benzene rings is 1. The van der Waals surface area contributed by atoms with Crippen molar-refractivity contribution in [2.75, 3.05) is 10.2 Å². The SMILES string of the molecule is CC1(C)C(=O)N(C2CC2)c2cc(NC(=O)c3ccncc3)ccc21. The van der Waals surface area contributed by atoms with Crippen LogP contribution in [-0.4, -0.2) is 22.8 Å². The summed E-state index contributed by atoms with van der Waals surface area (Å²) in [5.74, 6) is -0.0310. The van der Waals surface area contributed by atoms with Crippen LogP contribution in [0.5, 0.6) is 0 Å². The van der Waals surface area contributed by atoms with Crippen LogP contribution in [-0.2, 0) is 10.2 Å². The molecule has 1 aromatic heterocycles. The van der Waals surface area contributed by atoms with Gasteiger partial charge >= 0.3 is 0 Å². The maximum Gasteiger partial charge on any atom is 0.255 e. The zero-order chi connectivity index (χ0) is 16.9. The van der Waals surface area contributed by atoms with Crippen LogP contribution in [0.1, 0.15) is 42.6 Å². The van der Waals surface area contributed by atoms with Crippen molar-refractivity contribution in [1.82, 2.24) is 4.98 Å². The highest BCUT2D eigenvalue weighted by molar-refractivity contribution is 6.10. The summed E-state index contributed by atoms with van der Waals surface area (Å²) in [4.78, 5) is 30.9. The fourth-order valence-corrected chi connectivity index (χ4v) is 3.26. The molecular formula is C19H19N3O2. The molecule has 4 rings (SSSR count). The molecule has 2 aliphatic rings. The summed E-state index contributed by atoms with van der Waals surface area (Å²) in [6.07, 6.45) is 5.28. The van der Waals surface area contributed by atoms with E-state index in [0.717, 1.165) is 24.1 Å². The van der Waals surface area contributed by atoms with Gasteiger partial charge in [0.2, 0.25) is 5.91 Å². The Morgan fingerprint density at radius 2 is 1.92 bits per heavy atom. The number of hydrogen-bond acceptors (Lipinski definition) is 3. The average molecular weight is 321 g/mol. The summed E-state index contributed by atoms with van der Waals surface area (Å²) >= 11 is 0. The number of aromatic nitrogens is 1. The van der Waals surface area contributed by atoms with Gasteiger partial charge < -0.3 is 10.2 Å². The molecule has 1 fully saturated rings. The van der Waals surface area contributed by atoms with Gasteiger partial charge in [-0.15, -0.1) is 0 Å². The minimum Gasteiger partial charge on any atom is -0.322 e. The van der Waals surface area contributed by atoms with Crippen molar-refractivity contribution in [2.45, 2.75) is 38.1 Å². The molecule has 1 aromatic carbocycles. The smallest absolute Gasteiger partial charge is 0.255 e. The molecule has 0 atom stereocenters. The third kappa shape index (κ3) is 2.28. The Hall–Kier alpha value is -2.69. The third-order valence-corrected chi connectivity index (χ3v) is 4.80. The molecule has 1 saturated carbocycles. The van der Waals surface area contributed by atoms with Crippen LogP contribution in [0.2, 0.25) is 0 Å². The first kappa shape index (κ1) is 14.9. The number of pyridine rings is 1. The van der Waals surface area contributed by atoms with Crippen molar-refractivity contribution in [1.29, 1.82) is 0 Å². The third-order valence-electron chi connectivity index (χ3n) is 4.80. The summed E-state index contributed by atoms with van der Waals surface area (Å²) in [6.45, 7) is 3.93. The second kappa shape index (κ2) is 5.16. The van der Waals surface area contributed by atoms with Crippen LogP contribution >= 0.6 is 0 Å². The van der Waals surface area contributed by atoms with E-state index in [0.29, 0.717) is 17.3 Å². The molecule has 0 radical (unpaired) electrons. The number of nitrogens with zero attached hydrogens (tertiary/aromatic N) is 2. The van der Waals surface area contributed by atoms with Crippen molar-refractivity contribution in [2.24, 2.45) is 0 Å². The topological polar surface area (TPSA) is 62.3 Å². The zero-order valence-electron chi connectivity index (χ0n) is 13.7. The van der Waals surface area contributed by atoms with Crippen LogP contribution in [0.25, 0.3) is 0 Å². The Bertz CT molecular complexity index is 826. The Balaban J connectivity index is 1.66. The van der Waals surface area contributed by atoms with Gasteiger partial charge in [-0.05, 0) is 56.5 Å². The molecule has 1 aliphatic heterocycles. The Labute approximate surface area is 140 Å². The Kier molecular flexibility index (Phi) is 3.20. The molecule has 122 valence electrons. The second-order valence-electron chi connectivity index (χ2n) is 6.95. The number of amides is 2. The molecule has 2 aromatic rings. The van der Waals surface area contributed by atoms with E-state index >= 15 is 0 Å². The van der Waals surface area contributed by atoms with Gasteiger partial charge in [0.05, 0.1) is 11.1 Å². The van der Waals surface area contributed by atoms with E-state index in [1.54, 1.807) is 24.5 Å². The summed E-state index contributed by atoms with van der Waals surface area (Å²) in [5, 5.41) is 2.91. The molecule has 0 bridgehead atoms. The van der Waals surface area contributed by atoms with Gasteiger partial charge in [0.25, 0.3) is 5.91 Å². The van der Waals surface area contributed by atoms with E-state index in [2.05, 4.69) is 10.3 Å². The molecule has 2 amide bonds. The second-order valence-corrected chi connectivity index (χ2v) is 6.95. The van der Waals surface area contributed by atoms with Crippen LogP contribution in [0.15, 0.2) is 42.7 Å². The monoisotopic (exact) mass is 321 g/mol. The van der Waals surface area contributed by atoms with E-state index in [9.17, 15) is 9.59 Å². The van der Waals surface area contributed by atoms with Crippen molar-refractivity contribution in [3.8, 4) is 0 Å². The molecule has 5 heteroatoms. The standard InChI is InChI=1S/C19H19N3O2/c1-19(2)15-6-3-13(21-17(23)12-7-9-20-10-8-12)11-16(15)22(18(19)24)14-4-5-14/h3,6-11,14H,4-5H2,1-2H3,(H,21,23). The van der Waals surface area contributed by atoms with Crippen LogP contribution < -0.4 is 10.2 Å². The van der Waals surface area contributed by atoms with Gasteiger partial charge in [0.1, 0.15) is 0 Å². The largest absolute Gasteiger partial charge is 0.322 e. The molecular weight excluding hydrogens is 302 g/mol. The number of carbonyl (C=O) groups excluding carboxylic acids is 2. The first-order chi connectivity index (χ1) is 11.5. The minimum absolute atomic E-state index is 0.151. The van der Waals surface area contributed by atoms with E-state index in [1.165, 1.54) is 0 Å². The number of nitrogens with one attached hydrogen (secondary N) is 1. The molecule has 1 aliphatic carbocycles. The quantitative estimate of drug-likeness (QED) is 0.945. The van der Waals surface area contributed by atoms with Crippen LogP contribution in [0.4, 0.5) is 11.4 Å². The lowest BCUT2D eigenvalue weighted by Crippen LogP contribution is -2.37. The lowest BCUT2D eigenvalue weighted by atomic mass is 9.86. The molecule has 0 spiro atoms. The molecule has 0 saturated heterocycles. The first-order valence-corrected chi connectivity index (χ1v) is 8.18. The zero-order valence-corrected chi connectivity index (χ0v) is 13.7. The van der Waals surface area contributed by atoms with E-state index in [-0.39, 0.29) is 11.8 Å². The fourth-order valence-electron chi connectivity index (χ4n) is 3.26. The summed E-state index contributed by atoms with van der Waals surface area (Å²) in [6, 6.07) is 9.39. The Morgan fingerprint density at radius 3 is 2.58 bits per heavy atom. The van der Waals surface area contributed by atoms with Gasteiger partial charge in [-0.2, -0.15) is 0 Å². The minimum atomic E-state index is -0.508. The predicted molar refractivity (Wildman–Crippen MR) is 92.2 cm³/mol. The maximum atomic E-state index is 12.8. The summed E-state index contributed by atoms with van der Waals surface area (Å²) in [5.41, 5.74) is 2.71. The van der Waals surface area contributed by atoms with Crippen molar-refractivity contribution in [3.05, 3.63) is 53.9 Å². The lowest BCUT2D eigenvalue weighted by molar-refractivity contribution is -0.122.